The van der Waals surface area contributed by atoms with Crippen molar-refractivity contribution < 1.29 is 9.59 Å². The van der Waals surface area contributed by atoms with E-state index in [4.69, 9.17) is 11.6 Å². The molecular weight excluding hydrogens is 404 g/mol. The summed E-state index contributed by atoms with van der Waals surface area (Å²) in [4.78, 5) is 29.2. The number of aromatic amines is 1. The Bertz CT molecular complexity index is 1050. The van der Waals surface area contributed by atoms with Crippen molar-refractivity contribution >= 4 is 34.4 Å². The highest BCUT2D eigenvalue weighted by atomic mass is 35.5. The van der Waals surface area contributed by atoms with E-state index in [-0.39, 0.29) is 24.4 Å². The number of aromatic nitrogens is 3. The molecule has 0 aliphatic carbocycles. The van der Waals surface area contributed by atoms with Crippen molar-refractivity contribution in [2.24, 2.45) is 0 Å². The normalized spacial score (nSPS) is 19.5. The molecular formula is C21H23ClN6O2. The van der Waals surface area contributed by atoms with Crippen LogP contribution in [0.5, 0.6) is 0 Å². The van der Waals surface area contributed by atoms with Crippen molar-refractivity contribution in [2.45, 2.75) is 37.9 Å². The quantitative estimate of drug-likeness (QED) is 0.481. The Hall–Kier alpha value is -2.97. The van der Waals surface area contributed by atoms with Gasteiger partial charge < -0.3 is 16.0 Å². The summed E-state index contributed by atoms with van der Waals surface area (Å²) < 4.78 is 0. The lowest BCUT2D eigenvalue weighted by Gasteiger charge is -2.17. The van der Waals surface area contributed by atoms with Crippen molar-refractivity contribution in [1.82, 2.24) is 31.1 Å². The van der Waals surface area contributed by atoms with Crippen LogP contribution in [0.15, 0.2) is 42.6 Å². The summed E-state index contributed by atoms with van der Waals surface area (Å²) in [7, 11) is 0. The summed E-state index contributed by atoms with van der Waals surface area (Å²) >= 11 is 6.00. The van der Waals surface area contributed by atoms with Crippen LogP contribution in [-0.2, 0) is 16.1 Å². The largest absolute Gasteiger partial charge is 0.350 e. The zero-order valence-electron chi connectivity index (χ0n) is 16.5. The highest BCUT2D eigenvalue weighted by Gasteiger charge is 2.31. The smallest absolute Gasteiger partial charge is 0.242 e. The van der Waals surface area contributed by atoms with Crippen LogP contribution >= 0.6 is 11.6 Å². The van der Waals surface area contributed by atoms with Crippen molar-refractivity contribution in [3.05, 3.63) is 58.9 Å². The first kappa shape index (κ1) is 20.3. The van der Waals surface area contributed by atoms with Crippen molar-refractivity contribution in [2.75, 3.05) is 6.54 Å². The second-order valence-corrected chi connectivity index (χ2v) is 7.86. The molecule has 2 aromatic heterocycles. The summed E-state index contributed by atoms with van der Waals surface area (Å²) in [6.07, 6.45) is 2.36. The Morgan fingerprint density at radius 1 is 1.30 bits per heavy atom. The second kappa shape index (κ2) is 8.81. The zero-order chi connectivity index (χ0) is 21.1. The molecule has 1 aromatic carbocycles. The van der Waals surface area contributed by atoms with Crippen LogP contribution in [0, 0.1) is 0 Å². The monoisotopic (exact) mass is 426 g/mol. The zero-order valence-corrected chi connectivity index (χ0v) is 17.2. The number of hydrogen-bond donors (Lipinski definition) is 4. The molecule has 1 fully saturated rings. The molecule has 1 saturated heterocycles. The second-order valence-electron chi connectivity index (χ2n) is 7.51. The van der Waals surface area contributed by atoms with Crippen LogP contribution in [0.4, 0.5) is 0 Å². The Morgan fingerprint density at radius 2 is 2.10 bits per heavy atom. The molecule has 0 unspecified atom stereocenters. The summed E-state index contributed by atoms with van der Waals surface area (Å²) in [5.41, 5.74) is 2.60. The van der Waals surface area contributed by atoms with Crippen LogP contribution in [-0.4, -0.2) is 45.6 Å². The van der Waals surface area contributed by atoms with Gasteiger partial charge in [0.1, 0.15) is 6.04 Å². The van der Waals surface area contributed by atoms with E-state index in [1.807, 2.05) is 24.3 Å². The average Bonchev–Trinajstić information content (AvgIpc) is 3.40. The Morgan fingerprint density at radius 3 is 2.90 bits per heavy atom. The highest BCUT2D eigenvalue weighted by molar-refractivity contribution is 6.34. The minimum absolute atomic E-state index is 0.163. The lowest BCUT2D eigenvalue weighted by Crippen LogP contribution is -2.49. The fourth-order valence-electron chi connectivity index (χ4n) is 3.65. The number of amides is 2. The summed E-state index contributed by atoms with van der Waals surface area (Å²) in [5, 5.41) is 16.5. The maximum atomic E-state index is 12.6. The number of carbonyl (C=O) groups excluding carboxylic acids is 2. The molecule has 0 bridgehead atoms. The molecule has 1 aliphatic rings. The number of benzene rings is 1. The van der Waals surface area contributed by atoms with Crippen LogP contribution in [0.2, 0.25) is 5.15 Å². The van der Waals surface area contributed by atoms with Crippen molar-refractivity contribution in [3.8, 4) is 0 Å². The molecule has 0 radical (unpaired) electrons. The standard InChI is InChI=1S/C21H23ClN6O2/c1-12(20(29)25-10-13-7-16-18(22)27-28-19(16)24-9-13)26-21(30)17-8-15(11-23-17)14-5-3-2-4-6-14/h2-7,9,12,15,17,23H,8,10-11H2,1H3,(H,25,29)(H,26,30)(H,24,27,28)/t12-,15-,17+/m0/s1. The SMILES string of the molecule is C[C@H](NC(=O)[C@H]1C[C@H](c2ccccc2)CN1)C(=O)NCc1cnc2[nH]nc(Cl)c2c1. The average molecular weight is 427 g/mol. The van der Waals surface area contributed by atoms with Gasteiger partial charge in [0, 0.05) is 19.3 Å². The van der Waals surface area contributed by atoms with Crippen LogP contribution in [0.25, 0.3) is 11.0 Å². The Labute approximate surface area is 178 Å². The Kier molecular flexibility index (Phi) is 5.96. The van der Waals surface area contributed by atoms with Crippen LogP contribution in [0.3, 0.4) is 0 Å². The number of fused-ring (bicyclic) bond motifs is 1. The number of carbonyl (C=O) groups is 2. The van der Waals surface area contributed by atoms with Crippen LogP contribution in [0.1, 0.15) is 30.4 Å². The summed E-state index contributed by atoms with van der Waals surface area (Å²) in [6.45, 7) is 2.70. The topological polar surface area (TPSA) is 112 Å². The van der Waals surface area contributed by atoms with Gasteiger partial charge in [-0.05, 0) is 36.5 Å². The minimum atomic E-state index is -0.649. The first-order chi connectivity index (χ1) is 14.5. The highest BCUT2D eigenvalue weighted by Crippen LogP contribution is 2.25. The van der Waals surface area contributed by atoms with Crippen molar-refractivity contribution in [3.63, 3.8) is 0 Å². The van der Waals surface area contributed by atoms with E-state index in [9.17, 15) is 9.59 Å². The lowest BCUT2D eigenvalue weighted by atomic mass is 9.96. The first-order valence-corrected chi connectivity index (χ1v) is 10.2. The lowest BCUT2D eigenvalue weighted by molar-refractivity contribution is -0.129. The van der Waals surface area contributed by atoms with Gasteiger partial charge in [-0.3, -0.25) is 14.7 Å². The third-order valence-electron chi connectivity index (χ3n) is 5.36. The number of pyridine rings is 1. The maximum Gasteiger partial charge on any atom is 0.242 e. The molecule has 0 spiro atoms. The number of nitrogens with zero attached hydrogens (tertiary/aromatic N) is 2. The van der Waals surface area contributed by atoms with Gasteiger partial charge in [0.25, 0.3) is 0 Å². The molecule has 8 nitrogen and oxygen atoms in total. The maximum absolute atomic E-state index is 12.6. The number of H-pyrrole nitrogens is 1. The van der Waals surface area contributed by atoms with Gasteiger partial charge in [-0.25, -0.2) is 4.98 Å². The van der Waals surface area contributed by atoms with E-state index in [0.29, 0.717) is 28.5 Å². The predicted molar refractivity (Wildman–Crippen MR) is 114 cm³/mol. The van der Waals surface area contributed by atoms with Gasteiger partial charge in [-0.2, -0.15) is 5.10 Å². The van der Waals surface area contributed by atoms with Gasteiger partial charge in [0.15, 0.2) is 10.8 Å². The van der Waals surface area contributed by atoms with E-state index in [1.54, 1.807) is 13.1 Å². The molecule has 156 valence electrons. The van der Waals surface area contributed by atoms with Gasteiger partial charge >= 0.3 is 0 Å². The third-order valence-corrected chi connectivity index (χ3v) is 5.65. The molecule has 9 heteroatoms. The Balaban J connectivity index is 1.27. The fraction of sp³-hybridized carbons (Fsp3) is 0.333. The molecule has 3 heterocycles. The predicted octanol–water partition coefficient (Wildman–Crippen LogP) is 1.88. The van der Waals surface area contributed by atoms with Crippen molar-refractivity contribution in [1.29, 1.82) is 0 Å². The number of hydrogen-bond acceptors (Lipinski definition) is 5. The summed E-state index contributed by atoms with van der Waals surface area (Å²) in [5.74, 6) is -0.132. The summed E-state index contributed by atoms with van der Waals surface area (Å²) in [6, 6.07) is 11.0. The van der Waals surface area contributed by atoms with Gasteiger partial charge in [-0.15, -0.1) is 0 Å². The van der Waals surface area contributed by atoms with E-state index in [0.717, 1.165) is 12.1 Å². The van der Waals surface area contributed by atoms with Gasteiger partial charge in [0.05, 0.1) is 11.4 Å². The minimum Gasteiger partial charge on any atom is -0.350 e. The number of halogens is 1. The molecule has 30 heavy (non-hydrogen) atoms. The van der Waals surface area contributed by atoms with Gasteiger partial charge in [0.2, 0.25) is 11.8 Å². The fourth-order valence-corrected chi connectivity index (χ4v) is 3.84. The van der Waals surface area contributed by atoms with Gasteiger partial charge in [-0.1, -0.05) is 41.9 Å². The molecule has 4 N–H and O–H groups in total. The molecule has 1 aliphatic heterocycles. The van der Waals surface area contributed by atoms with E-state index in [2.05, 4.69) is 43.3 Å². The number of nitrogens with one attached hydrogen (secondary N) is 4. The van der Waals surface area contributed by atoms with E-state index < -0.39 is 6.04 Å². The molecule has 4 rings (SSSR count). The third kappa shape index (κ3) is 4.44. The molecule has 0 saturated carbocycles. The van der Waals surface area contributed by atoms with E-state index in [1.165, 1.54) is 5.56 Å². The first-order valence-electron chi connectivity index (χ1n) is 9.86. The van der Waals surface area contributed by atoms with E-state index >= 15 is 0 Å². The molecule has 3 atom stereocenters. The van der Waals surface area contributed by atoms with Crippen LogP contribution < -0.4 is 16.0 Å². The molecule has 3 aromatic rings. The molecule has 2 amide bonds. The number of rotatable bonds is 6.